The fourth-order valence-electron chi connectivity index (χ4n) is 2.33. The van der Waals surface area contributed by atoms with Crippen LogP contribution in [0.25, 0.3) is 10.9 Å². The molecule has 0 radical (unpaired) electrons. The molecule has 0 fully saturated rings. The maximum atomic E-state index is 5.98. The van der Waals surface area contributed by atoms with E-state index in [4.69, 9.17) is 5.73 Å². The van der Waals surface area contributed by atoms with Crippen LogP contribution in [0, 0.1) is 0 Å². The Morgan fingerprint density at radius 3 is 2.65 bits per heavy atom. The third-order valence-corrected chi connectivity index (χ3v) is 3.31. The van der Waals surface area contributed by atoms with Gasteiger partial charge in [0.05, 0.1) is 23.4 Å². The number of hydrogen-bond acceptors (Lipinski definition) is 4. The van der Waals surface area contributed by atoms with Gasteiger partial charge in [-0.25, -0.2) is 0 Å². The minimum absolute atomic E-state index is 0.704. The van der Waals surface area contributed by atoms with Crippen molar-refractivity contribution in [2.24, 2.45) is 0 Å². The second kappa shape index (κ2) is 5.17. The third-order valence-electron chi connectivity index (χ3n) is 3.31. The maximum absolute atomic E-state index is 5.98. The standard InChI is InChI=1S/C16H16N4/c1-20(11-12-5-2-3-9-18-12)15-8-7-14(17)16-13(15)6-4-10-19-16/h2-10H,11,17H2,1H3. The topological polar surface area (TPSA) is 55.0 Å². The van der Waals surface area contributed by atoms with E-state index in [-0.39, 0.29) is 0 Å². The molecule has 20 heavy (non-hydrogen) atoms. The van der Waals surface area contributed by atoms with Crippen molar-refractivity contribution < 1.29 is 0 Å². The van der Waals surface area contributed by atoms with Gasteiger partial charge >= 0.3 is 0 Å². The van der Waals surface area contributed by atoms with Crippen LogP contribution in [0.3, 0.4) is 0 Å². The van der Waals surface area contributed by atoms with Crippen molar-refractivity contribution >= 4 is 22.3 Å². The molecule has 0 aliphatic carbocycles. The molecule has 0 spiro atoms. The van der Waals surface area contributed by atoms with E-state index in [1.807, 2.05) is 55.7 Å². The van der Waals surface area contributed by atoms with E-state index in [1.165, 1.54) is 0 Å². The zero-order valence-electron chi connectivity index (χ0n) is 11.3. The number of fused-ring (bicyclic) bond motifs is 1. The second-order valence-corrected chi connectivity index (χ2v) is 4.75. The number of hydrogen-bond donors (Lipinski definition) is 1. The number of aromatic nitrogens is 2. The lowest BCUT2D eigenvalue weighted by Crippen LogP contribution is -2.17. The Labute approximate surface area is 117 Å². The van der Waals surface area contributed by atoms with Crippen LogP contribution in [0.15, 0.2) is 54.9 Å². The summed E-state index contributed by atoms with van der Waals surface area (Å²) in [6.07, 6.45) is 3.58. The molecule has 0 aliphatic heterocycles. The Balaban J connectivity index is 2.00. The van der Waals surface area contributed by atoms with Crippen LogP contribution >= 0.6 is 0 Å². The zero-order valence-corrected chi connectivity index (χ0v) is 11.3. The van der Waals surface area contributed by atoms with Gasteiger partial charge in [0.15, 0.2) is 0 Å². The Kier molecular flexibility index (Phi) is 3.21. The maximum Gasteiger partial charge on any atom is 0.0951 e. The molecule has 3 rings (SSSR count). The number of anilines is 2. The molecule has 0 aliphatic rings. The molecule has 4 heteroatoms. The summed E-state index contributed by atoms with van der Waals surface area (Å²) in [6.45, 7) is 0.745. The van der Waals surface area contributed by atoms with Gasteiger partial charge in [-0.05, 0) is 36.4 Å². The molecule has 2 N–H and O–H groups in total. The number of benzene rings is 1. The Bertz CT molecular complexity index is 725. The lowest BCUT2D eigenvalue weighted by atomic mass is 10.1. The summed E-state index contributed by atoms with van der Waals surface area (Å²) in [5.74, 6) is 0. The van der Waals surface area contributed by atoms with Gasteiger partial charge in [-0.3, -0.25) is 9.97 Å². The first-order valence-corrected chi connectivity index (χ1v) is 6.50. The highest BCUT2D eigenvalue weighted by Gasteiger charge is 2.09. The lowest BCUT2D eigenvalue weighted by molar-refractivity contribution is 0.889. The van der Waals surface area contributed by atoms with Crippen LogP contribution < -0.4 is 10.6 Å². The van der Waals surface area contributed by atoms with Gasteiger partial charge in [-0.1, -0.05) is 6.07 Å². The van der Waals surface area contributed by atoms with E-state index in [0.29, 0.717) is 5.69 Å². The van der Waals surface area contributed by atoms with Crippen LogP contribution in [0.4, 0.5) is 11.4 Å². The Morgan fingerprint density at radius 2 is 1.85 bits per heavy atom. The molecular weight excluding hydrogens is 248 g/mol. The Morgan fingerprint density at radius 1 is 1.00 bits per heavy atom. The number of pyridine rings is 2. The molecule has 2 heterocycles. The third kappa shape index (κ3) is 2.28. The van der Waals surface area contributed by atoms with Gasteiger partial charge in [0.1, 0.15) is 0 Å². The van der Waals surface area contributed by atoms with E-state index in [1.54, 1.807) is 6.20 Å². The smallest absolute Gasteiger partial charge is 0.0951 e. The van der Waals surface area contributed by atoms with Crippen molar-refractivity contribution in [1.29, 1.82) is 0 Å². The Hall–Kier alpha value is -2.62. The summed E-state index contributed by atoms with van der Waals surface area (Å²) in [7, 11) is 2.05. The van der Waals surface area contributed by atoms with Crippen LogP contribution in [-0.4, -0.2) is 17.0 Å². The molecule has 0 amide bonds. The highest BCUT2D eigenvalue weighted by atomic mass is 15.1. The van der Waals surface area contributed by atoms with Crippen molar-refractivity contribution in [1.82, 2.24) is 9.97 Å². The van der Waals surface area contributed by atoms with Crippen LogP contribution in [-0.2, 0) is 6.54 Å². The summed E-state index contributed by atoms with van der Waals surface area (Å²) < 4.78 is 0. The van der Waals surface area contributed by atoms with Crippen LogP contribution in [0.2, 0.25) is 0 Å². The molecule has 1 aromatic carbocycles. The molecule has 3 aromatic rings. The van der Waals surface area contributed by atoms with E-state index in [0.717, 1.165) is 28.8 Å². The molecule has 2 aromatic heterocycles. The van der Waals surface area contributed by atoms with Gasteiger partial charge < -0.3 is 10.6 Å². The second-order valence-electron chi connectivity index (χ2n) is 4.75. The van der Waals surface area contributed by atoms with E-state index < -0.39 is 0 Å². The number of nitrogens with zero attached hydrogens (tertiary/aromatic N) is 3. The van der Waals surface area contributed by atoms with Gasteiger partial charge in [0, 0.05) is 30.5 Å². The van der Waals surface area contributed by atoms with E-state index >= 15 is 0 Å². The van der Waals surface area contributed by atoms with Crippen molar-refractivity contribution in [2.75, 3.05) is 17.7 Å². The van der Waals surface area contributed by atoms with Gasteiger partial charge in [0.25, 0.3) is 0 Å². The summed E-state index contributed by atoms with van der Waals surface area (Å²) in [4.78, 5) is 10.9. The van der Waals surface area contributed by atoms with Gasteiger partial charge in [-0.2, -0.15) is 0 Å². The summed E-state index contributed by atoms with van der Waals surface area (Å²) >= 11 is 0. The first kappa shape index (κ1) is 12.4. The first-order valence-electron chi connectivity index (χ1n) is 6.50. The molecule has 100 valence electrons. The molecule has 0 saturated carbocycles. The number of nitrogen functional groups attached to an aromatic ring is 1. The summed E-state index contributed by atoms with van der Waals surface area (Å²) in [6, 6.07) is 13.9. The molecule has 0 bridgehead atoms. The fraction of sp³-hybridized carbons (Fsp3) is 0.125. The monoisotopic (exact) mass is 264 g/mol. The quantitative estimate of drug-likeness (QED) is 0.739. The minimum Gasteiger partial charge on any atom is -0.397 e. The van der Waals surface area contributed by atoms with Gasteiger partial charge in [0.2, 0.25) is 0 Å². The normalized spacial score (nSPS) is 10.7. The molecule has 0 saturated heterocycles. The summed E-state index contributed by atoms with van der Waals surface area (Å²) in [5, 5.41) is 1.06. The zero-order chi connectivity index (χ0) is 13.9. The molecule has 4 nitrogen and oxygen atoms in total. The lowest BCUT2D eigenvalue weighted by Gasteiger charge is -2.21. The average Bonchev–Trinajstić information content (AvgIpc) is 2.49. The van der Waals surface area contributed by atoms with Crippen molar-refractivity contribution in [3.63, 3.8) is 0 Å². The van der Waals surface area contributed by atoms with Gasteiger partial charge in [-0.15, -0.1) is 0 Å². The van der Waals surface area contributed by atoms with Crippen LogP contribution in [0.5, 0.6) is 0 Å². The predicted octanol–water partition coefficient (Wildman–Crippen LogP) is 2.85. The summed E-state index contributed by atoms with van der Waals surface area (Å²) in [5.41, 5.74) is 9.67. The van der Waals surface area contributed by atoms with Crippen molar-refractivity contribution in [2.45, 2.75) is 6.54 Å². The predicted molar refractivity (Wildman–Crippen MR) is 82.5 cm³/mol. The fourth-order valence-corrected chi connectivity index (χ4v) is 2.33. The average molecular weight is 264 g/mol. The highest BCUT2D eigenvalue weighted by molar-refractivity contribution is 5.98. The SMILES string of the molecule is CN(Cc1ccccn1)c1ccc(N)c2ncccc12. The molecular formula is C16H16N4. The molecule has 0 unspecified atom stereocenters. The highest BCUT2D eigenvalue weighted by Crippen LogP contribution is 2.29. The first-order chi connectivity index (χ1) is 9.75. The van der Waals surface area contributed by atoms with E-state index in [9.17, 15) is 0 Å². The van der Waals surface area contributed by atoms with Crippen LogP contribution in [0.1, 0.15) is 5.69 Å². The molecule has 0 atom stereocenters. The largest absolute Gasteiger partial charge is 0.397 e. The van der Waals surface area contributed by atoms with Crippen molar-refractivity contribution in [3.8, 4) is 0 Å². The van der Waals surface area contributed by atoms with Crippen molar-refractivity contribution in [3.05, 3.63) is 60.6 Å². The minimum atomic E-state index is 0.704. The number of rotatable bonds is 3. The number of nitrogens with two attached hydrogens (primary N) is 1. The van der Waals surface area contributed by atoms with E-state index in [2.05, 4.69) is 14.9 Å².